The van der Waals surface area contributed by atoms with Crippen molar-refractivity contribution in [2.45, 2.75) is 18.8 Å². The first-order valence-electron chi connectivity index (χ1n) is 4.92. The van der Waals surface area contributed by atoms with Gasteiger partial charge < -0.3 is 4.90 Å². The fourth-order valence-electron chi connectivity index (χ4n) is 1.73. The van der Waals surface area contributed by atoms with Gasteiger partial charge in [-0.1, -0.05) is 23.2 Å². The number of aromatic nitrogens is 1. The number of rotatable bonds is 1. The summed E-state index contributed by atoms with van der Waals surface area (Å²) in [6.07, 6.45) is -0.269. The third-order valence-electron chi connectivity index (χ3n) is 2.61. The summed E-state index contributed by atoms with van der Waals surface area (Å²) in [6, 6.07) is 3.27. The van der Waals surface area contributed by atoms with E-state index in [0.717, 1.165) is 5.69 Å². The van der Waals surface area contributed by atoms with E-state index in [2.05, 4.69) is 4.98 Å². The quantitative estimate of drug-likeness (QED) is 0.722. The fraction of sp³-hybridized carbons (Fsp3) is 0.500. The van der Waals surface area contributed by atoms with Crippen molar-refractivity contribution in [3.05, 3.63) is 22.4 Å². The molecular formula is C10H10Cl2F2N2. The summed E-state index contributed by atoms with van der Waals surface area (Å²) < 4.78 is 25.9. The van der Waals surface area contributed by atoms with Crippen molar-refractivity contribution in [2.75, 3.05) is 18.0 Å². The number of piperidine rings is 1. The second kappa shape index (κ2) is 4.34. The van der Waals surface area contributed by atoms with E-state index in [9.17, 15) is 8.78 Å². The average molecular weight is 267 g/mol. The van der Waals surface area contributed by atoms with Gasteiger partial charge in [0.15, 0.2) is 0 Å². The predicted octanol–water partition coefficient (Wildman–Crippen LogP) is 3.62. The lowest BCUT2D eigenvalue weighted by Gasteiger charge is -2.33. The van der Waals surface area contributed by atoms with Crippen LogP contribution in [0, 0.1) is 0 Å². The molecule has 0 aliphatic carbocycles. The van der Waals surface area contributed by atoms with Crippen molar-refractivity contribution < 1.29 is 8.78 Å². The van der Waals surface area contributed by atoms with Gasteiger partial charge in [0.25, 0.3) is 5.92 Å². The topological polar surface area (TPSA) is 16.1 Å². The number of hydrogen-bond donors (Lipinski definition) is 0. The fourth-order valence-corrected chi connectivity index (χ4v) is 2.18. The van der Waals surface area contributed by atoms with Gasteiger partial charge in [-0.3, -0.25) is 0 Å². The molecule has 16 heavy (non-hydrogen) atoms. The zero-order chi connectivity index (χ0) is 11.8. The lowest BCUT2D eigenvalue weighted by molar-refractivity contribution is -0.0220. The molecule has 0 aromatic carbocycles. The van der Waals surface area contributed by atoms with Gasteiger partial charge in [0.1, 0.15) is 10.3 Å². The summed E-state index contributed by atoms with van der Waals surface area (Å²) >= 11 is 11.5. The van der Waals surface area contributed by atoms with Crippen molar-refractivity contribution in [1.82, 2.24) is 4.98 Å². The second-order valence-electron chi connectivity index (χ2n) is 3.81. The molecule has 1 aliphatic rings. The SMILES string of the molecule is FC1(F)CCN(c2cc(Cl)nc(Cl)c2)CC1. The Hall–Kier alpha value is -0.610. The monoisotopic (exact) mass is 266 g/mol. The maximum atomic E-state index is 13.0. The average Bonchev–Trinajstić information content (AvgIpc) is 2.15. The lowest BCUT2D eigenvalue weighted by Crippen LogP contribution is -2.39. The maximum Gasteiger partial charge on any atom is 0.251 e. The molecule has 1 aliphatic heterocycles. The number of nitrogens with zero attached hydrogens (tertiary/aromatic N) is 2. The van der Waals surface area contributed by atoms with E-state index in [1.807, 2.05) is 4.90 Å². The van der Waals surface area contributed by atoms with E-state index in [1.165, 1.54) is 0 Å². The number of hydrogen-bond acceptors (Lipinski definition) is 2. The minimum absolute atomic E-state index is 0.134. The van der Waals surface area contributed by atoms with E-state index in [1.54, 1.807) is 12.1 Å². The molecular weight excluding hydrogens is 257 g/mol. The first kappa shape index (κ1) is 11.9. The Morgan fingerprint density at radius 1 is 1.12 bits per heavy atom. The van der Waals surface area contributed by atoms with E-state index < -0.39 is 5.92 Å². The molecule has 1 aromatic rings. The summed E-state index contributed by atoms with van der Waals surface area (Å²) in [7, 11) is 0. The molecule has 0 unspecified atom stereocenters. The van der Waals surface area contributed by atoms with Crippen LogP contribution in [0.5, 0.6) is 0 Å². The Morgan fingerprint density at radius 2 is 1.62 bits per heavy atom. The smallest absolute Gasteiger partial charge is 0.251 e. The molecule has 1 saturated heterocycles. The minimum Gasteiger partial charge on any atom is -0.371 e. The maximum absolute atomic E-state index is 13.0. The zero-order valence-electron chi connectivity index (χ0n) is 8.39. The highest BCUT2D eigenvalue weighted by atomic mass is 35.5. The van der Waals surface area contributed by atoms with Crippen LogP contribution in [0.25, 0.3) is 0 Å². The van der Waals surface area contributed by atoms with Gasteiger partial charge in [0.05, 0.1) is 0 Å². The Kier molecular flexibility index (Phi) is 3.22. The standard InChI is InChI=1S/C10H10Cl2F2N2/c11-8-5-7(6-9(12)15-8)16-3-1-10(13,14)2-4-16/h5-6H,1-4H2. The van der Waals surface area contributed by atoms with Crippen LogP contribution < -0.4 is 4.90 Å². The van der Waals surface area contributed by atoms with Crippen LogP contribution in [0.2, 0.25) is 10.3 Å². The van der Waals surface area contributed by atoms with Gasteiger partial charge in [-0.25, -0.2) is 13.8 Å². The summed E-state index contributed by atoms with van der Waals surface area (Å²) in [5.74, 6) is -2.54. The summed E-state index contributed by atoms with van der Waals surface area (Å²) in [6.45, 7) is 0.618. The van der Waals surface area contributed by atoms with Crippen LogP contribution in [0.15, 0.2) is 12.1 Å². The number of alkyl halides is 2. The molecule has 0 amide bonds. The largest absolute Gasteiger partial charge is 0.371 e. The normalized spacial score (nSPS) is 19.9. The van der Waals surface area contributed by atoms with E-state index >= 15 is 0 Å². The molecule has 0 atom stereocenters. The number of anilines is 1. The number of pyridine rings is 1. The van der Waals surface area contributed by atoms with Crippen molar-refractivity contribution in [3.63, 3.8) is 0 Å². The van der Waals surface area contributed by atoms with Crippen molar-refractivity contribution >= 4 is 28.9 Å². The molecule has 0 radical (unpaired) electrons. The molecule has 0 N–H and O–H groups in total. The van der Waals surface area contributed by atoms with E-state index in [0.29, 0.717) is 13.1 Å². The van der Waals surface area contributed by atoms with Crippen LogP contribution in [0.4, 0.5) is 14.5 Å². The highest BCUT2D eigenvalue weighted by Crippen LogP contribution is 2.31. The molecule has 2 nitrogen and oxygen atoms in total. The van der Waals surface area contributed by atoms with Crippen LogP contribution in [-0.4, -0.2) is 24.0 Å². The molecule has 0 saturated carbocycles. The summed E-state index contributed by atoms with van der Waals surface area (Å²) in [4.78, 5) is 5.66. The molecule has 2 heterocycles. The van der Waals surface area contributed by atoms with Crippen LogP contribution >= 0.6 is 23.2 Å². The third kappa shape index (κ3) is 2.74. The number of halogens is 4. The zero-order valence-corrected chi connectivity index (χ0v) is 9.90. The molecule has 88 valence electrons. The Morgan fingerprint density at radius 3 is 2.12 bits per heavy atom. The van der Waals surface area contributed by atoms with Gasteiger partial charge in [-0.05, 0) is 12.1 Å². The van der Waals surface area contributed by atoms with Crippen molar-refractivity contribution in [1.29, 1.82) is 0 Å². The molecule has 0 spiro atoms. The molecule has 1 aromatic heterocycles. The minimum atomic E-state index is -2.54. The predicted molar refractivity (Wildman–Crippen MR) is 60.7 cm³/mol. The molecule has 6 heteroatoms. The molecule has 1 fully saturated rings. The first-order valence-corrected chi connectivity index (χ1v) is 5.68. The first-order chi connectivity index (χ1) is 7.46. The molecule has 2 rings (SSSR count). The highest BCUT2D eigenvalue weighted by Gasteiger charge is 2.34. The highest BCUT2D eigenvalue weighted by molar-refractivity contribution is 6.32. The second-order valence-corrected chi connectivity index (χ2v) is 4.59. The van der Waals surface area contributed by atoms with Gasteiger partial charge >= 0.3 is 0 Å². The van der Waals surface area contributed by atoms with E-state index in [-0.39, 0.29) is 23.1 Å². The Balaban J connectivity index is 2.14. The van der Waals surface area contributed by atoms with Crippen LogP contribution in [0.3, 0.4) is 0 Å². The van der Waals surface area contributed by atoms with Crippen molar-refractivity contribution in [3.8, 4) is 0 Å². The Labute approximate surface area is 102 Å². The van der Waals surface area contributed by atoms with Gasteiger partial charge in [-0.2, -0.15) is 0 Å². The van der Waals surface area contributed by atoms with E-state index in [4.69, 9.17) is 23.2 Å². The summed E-state index contributed by atoms with van der Waals surface area (Å²) in [5, 5.41) is 0.555. The Bertz CT molecular complexity index is 368. The third-order valence-corrected chi connectivity index (χ3v) is 2.99. The van der Waals surface area contributed by atoms with Gasteiger partial charge in [0, 0.05) is 31.6 Å². The van der Waals surface area contributed by atoms with Gasteiger partial charge in [0.2, 0.25) is 0 Å². The molecule has 0 bridgehead atoms. The van der Waals surface area contributed by atoms with Crippen LogP contribution in [-0.2, 0) is 0 Å². The summed E-state index contributed by atoms with van der Waals surface area (Å²) in [5.41, 5.74) is 0.750. The van der Waals surface area contributed by atoms with Crippen LogP contribution in [0.1, 0.15) is 12.8 Å². The lowest BCUT2D eigenvalue weighted by atomic mass is 10.1. The van der Waals surface area contributed by atoms with Gasteiger partial charge in [-0.15, -0.1) is 0 Å². The van der Waals surface area contributed by atoms with Crippen molar-refractivity contribution in [2.24, 2.45) is 0 Å².